The number of amides is 1. The molecule has 0 heterocycles. The second kappa shape index (κ2) is 5.75. The number of nitrogens with one attached hydrogen (secondary N) is 1. The maximum Gasteiger partial charge on any atom is 0.308 e. The van der Waals surface area contributed by atoms with Crippen LogP contribution in [0.25, 0.3) is 0 Å². The molecule has 2 atom stereocenters. The normalized spacial score (nSPS) is 21.8. The van der Waals surface area contributed by atoms with Gasteiger partial charge >= 0.3 is 5.97 Å². The number of hydrogen-bond donors (Lipinski definition) is 2. The number of carboxylic acids is 1. The SMILES string of the molecule is O=C(NC1CCCC1C(=O)O)c1cc(F)c(F)cc1Cl. The molecule has 4 nitrogen and oxygen atoms in total. The molecule has 2 N–H and O–H groups in total. The first-order chi connectivity index (χ1) is 9.40. The molecule has 1 aromatic carbocycles. The van der Waals surface area contributed by atoms with E-state index < -0.39 is 35.5 Å². The van der Waals surface area contributed by atoms with E-state index in [9.17, 15) is 18.4 Å². The Morgan fingerprint density at radius 1 is 1.25 bits per heavy atom. The second-order valence-electron chi connectivity index (χ2n) is 4.70. The Hall–Kier alpha value is -1.69. The summed E-state index contributed by atoms with van der Waals surface area (Å²) in [5, 5.41) is 11.3. The summed E-state index contributed by atoms with van der Waals surface area (Å²) >= 11 is 5.70. The van der Waals surface area contributed by atoms with Gasteiger partial charge in [0.15, 0.2) is 11.6 Å². The third-order valence-corrected chi connectivity index (χ3v) is 3.72. The van der Waals surface area contributed by atoms with Crippen molar-refractivity contribution in [3.05, 3.63) is 34.4 Å². The first-order valence-corrected chi connectivity index (χ1v) is 6.46. The molecule has 2 unspecified atom stereocenters. The van der Waals surface area contributed by atoms with Gasteiger partial charge < -0.3 is 10.4 Å². The molecular weight excluding hydrogens is 292 g/mol. The standard InChI is InChI=1S/C13H12ClF2NO3/c14-8-5-10(16)9(15)4-7(8)12(18)17-11-3-1-2-6(11)13(19)20/h4-6,11H,1-3H2,(H,17,18)(H,19,20). The maximum absolute atomic E-state index is 13.1. The van der Waals surface area contributed by atoms with Crippen LogP contribution in [-0.2, 0) is 4.79 Å². The molecule has 0 aromatic heterocycles. The van der Waals surface area contributed by atoms with Crippen molar-refractivity contribution in [2.75, 3.05) is 0 Å². The van der Waals surface area contributed by atoms with E-state index in [2.05, 4.69) is 5.32 Å². The molecule has 2 rings (SSSR count). The predicted molar refractivity (Wildman–Crippen MR) is 67.6 cm³/mol. The average Bonchev–Trinajstić information content (AvgIpc) is 2.81. The summed E-state index contributed by atoms with van der Waals surface area (Å²) in [5.74, 6) is -4.67. The number of carboxylic acid groups (broad SMARTS) is 1. The number of carbonyl (C=O) groups is 2. The zero-order valence-electron chi connectivity index (χ0n) is 10.3. The monoisotopic (exact) mass is 303 g/mol. The lowest BCUT2D eigenvalue weighted by molar-refractivity contribution is -0.142. The van der Waals surface area contributed by atoms with Gasteiger partial charge in [0.2, 0.25) is 0 Å². The Balaban J connectivity index is 2.16. The molecule has 0 spiro atoms. The van der Waals surface area contributed by atoms with E-state index in [1.807, 2.05) is 0 Å². The molecule has 1 fully saturated rings. The summed E-state index contributed by atoms with van der Waals surface area (Å²) in [7, 11) is 0. The predicted octanol–water partition coefficient (Wildman–Crippen LogP) is 2.60. The van der Waals surface area contributed by atoms with Gasteiger partial charge in [-0.05, 0) is 25.0 Å². The van der Waals surface area contributed by atoms with Crippen LogP contribution >= 0.6 is 11.6 Å². The Labute approximate surface area is 118 Å². The van der Waals surface area contributed by atoms with E-state index in [1.54, 1.807) is 0 Å². The van der Waals surface area contributed by atoms with Crippen molar-refractivity contribution < 1.29 is 23.5 Å². The smallest absolute Gasteiger partial charge is 0.308 e. The van der Waals surface area contributed by atoms with Crippen LogP contribution in [0.5, 0.6) is 0 Å². The van der Waals surface area contributed by atoms with Gasteiger partial charge in [-0.15, -0.1) is 0 Å². The average molecular weight is 304 g/mol. The minimum Gasteiger partial charge on any atom is -0.481 e. The van der Waals surface area contributed by atoms with E-state index in [4.69, 9.17) is 16.7 Å². The van der Waals surface area contributed by atoms with Gasteiger partial charge in [-0.2, -0.15) is 0 Å². The Kier molecular flexibility index (Phi) is 4.23. The third-order valence-electron chi connectivity index (χ3n) is 3.40. The molecule has 20 heavy (non-hydrogen) atoms. The molecule has 1 amide bonds. The number of carbonyl (C=O) groups excluding carboxylic acids is 1. The summed E-state index contributed by atoms with van der Waals surface area (Å²) in [6.45, 7) is 0. The van der Waals surface area contributed by atoms with Gasteiger partial charge in [0.1, 0.15) is 0 Å². The van der Waals surface area contributed by atoms with Crippen molar-refractivity contribution in [1.82, 2.24) is 5.32 Å². The third kappa shape index (κ3) is 2.90. The highest BCUT2D eigenvalue weighted by molar-refractivity contribution is 6.33. The summed E-state index contributed by atoms with van der Waals surface area (Å²) in [5.41, 5.74) is -0.207. The highest BCUT2D eigenvalue weighted by Crippen LogP contribution is 2.27. The van der Waals surface area contributed by atoms with Gasteiger partial charge in [0.05, 0.1) is 16.5 Å². The Morgan fingerprint density at radius 3 is 2.55 bits per heavy atom. The lowest BCUT2D eigenvalue weighted by Crippen LogP contribution is -2.40. The number of rotatable bonds is 3. The lowest BCUT2D eigenvalue weighted by Gasteiger charge is -2.18. The van der Waals surface area contributed by atoms with Crippen molar-refractivity contribution in [2.45, 2.75) is 25.3 Å². The summed E-state index contributed by atoms with van der Waals surface area (Å²) in [6.07, 6.45) is 1.70. The molecule has 1 aliphatic carbocycles. The largest absolute Gasteiger partial charge is 0.481 e. The zero-order chi connectivity index (χ0) is 14.9. The van der Waals surface area contributed by atoms with Gasteiger partial charge in [-0.25, -0.2) is 8.78 Å². The van der Waals surface area contributed by atoms with E-state index in [0.29, 0.717) is 25.3 Å². The topological polar surface area (TPSA) is 66.4 Å². The molecule has 0 aliphatic heterocycles. The minimum absolute atomic E-state index is 0.207. The summed E-state index contributed by atoms with van der Waals surface area (Å²) in [4.78, 5) is 23.0. The van der Waals surface area contributed by atoms with Gasteiger partial charge in [-0.1, -0.05) is 18.0 Å². The molecule has 0 radical (unpaired) electrons. The number of hydrogen-bond acceptors (Lipinski definition) is 2. The van der Waals surface area contributed by atoms with Crippen LogP contribution in [0.1, 0.15) is 29.6 Å². The molecule has 1 aliphatic rings. The van der Waals surface area contributed by atoms with Crippen molar-refractivity contribution in [3.8, 4) is 0 Å². The van der Waals surface area contributed by atoms with E-state index in [-0.39, 0.29) is 10.6 Å². The molecule has 1 aromatic rings. The van der Waals surface area contributed by atoms with Crippen LogP contribution < -0.4 is 5.32 Å². The van der Waals surface area contributed by atoms with Gasteiger partial charge in [0.25, 0.3) is 5.91 Å². The van der Waals surface area contributed by atoms with Crippen LogP contribution in [0, 0.1) is 17.6 Å². The number of halogens is 3. The molecule has 0 bridgehead atoms. The maximum atomic E-state index is 13.1. The second-order valence-corrected chi connectivity index (χ2v) is 5.11. The first kappa shape index (κ1) is 14.7. The van der Waals surface area contributed by atoms with Crippen molar-refractivity contribution in [3.63, 3.8) is 0 Å². The van der Waals surface area contributed by atoms with Crippen LogP contribution in [0.3, 0.4) is 0 Å². The highest BCUT2D eigenvalue weighted by Gasteiger charge is 2.34. The lowest BCUT2D eigenvalue weighted by atomic mass is 10.0. The van der Waals surface area contributed by atoms with E-state index in [1.165, 1.54) is 0 Å². The fourth-order valence-corrected chi connectivity index (χ4v) is 2.61. The summed E-state index contributed by atoms with van der Waals surface area (Å²) in [6, 6.07) is 0.900. The van der Waals surface area contributed by atoms with Crippen molar-refractivity contribution in [2.24, 2.45) is 5.92 Å². The van der Waals surface area contributed by atoms with Crippen LogP contribution in [0.15, 0.2) is 12.1 Å². The van der Waals surface area contributed by atoms with Gasteiger partial charge in [-0.3, -0.25) is 9.59 Å². The Bertz CT molecular complexity index is 565. The number of benzene rings is 1. The fourth-order valence-electron chi connectivity index (χ4n) is 2.37. The zero-order valence-corrected chi connectivity index (χ0v) is 11.1. The fraction of sp³-hybridized carbons (Fsp3) is 0.385. The molecule has 108 valence electrons. The Morgan fingerprint density at radius 2 is 1.90 bits per heavy atom. The number of aliphatic carboxylic acids is 1. The van der Waals surface area contributed by atoms with Crippen LogP contribution in [0.4, 0.5) is 8.78 Å². The van der Waals surface area contributed by atoms with E-state index >= 15 is 0 Å². The van der Waals surface area contributed by atoms with Crippen molar-refractivity contribution in [1.29, 1.82) is 0 Å². The minimum atomic E-state index is -1.18. The van der Waals surface area contributed by atoms with Crippen LogP contribution in [0.2, 0.25) is 5.02 Å². The molecule has 7 heteroatoms. The van der Waals surface area contributed by atoms with Gasteiger partial charge in [0, 0.05) is 6.04 Å². The quantitative estimate of drug-likeness (QED) is 0.844. The molecule has 0 saturated heterocycles. The summed E-state index contributed by atoms with van der Waals surface area (Å²) < 4.78 is 26.1. The molecule has 1 saturated carbocycles. The first-order valence-electron chi connectivity index (χ1n) is 6.08. The van der Waals surface area contributed by atoms with Crippen molar-refractivity contribution >= 4 is 23.5 Å². The molecular formula is C13H12ClF2NO3. The van der Waals surface area contributed by atoms with Crippen LogP contribution in [-0.4, -0.2) is 23.0 Å². The van der Waals surface area contributed by atoms with E-state index in [0.717, 1.165) is 6.07 Å². The highest BCUT2D eigenvalue weighted by atomic mass is 35.5.